The van der Waals surface area contributed by atoms with Crippen LogP contribution in [0, 0.1) is 0 Å². The molecule has 22 heavy (non-hydrogen) atoms. The Bertz CT molecular complexity index is 496. The minimum atomic E-state index is -0.328. The van der Waals surface area contributed by atoms with Crippen LogP contribution in [0.2, 0.25) is 5.02 Å². The number of nitrogens with one attached hydrogen (secondary N) is 1. The Labute approximate surface area is 137 Å². The summed E-state index contributed by atoms with van der Waals surface area (Å²) in [6.07, 6.45) is 1.60. The number of halogens is 1. The topological polar surface area (TPSA) is 41.6 Å². The first-order valence-electron chi connectivity index (χ1n) is 7.77. The first kappa shape index (κ1) is 17.1. The number of carbonyl (C=O) groups excluding carboxylic acids is 1. The van der Waals surface area contributed by atoms with Crippen LogP contribution >= 0.6 is 11.6 Å². The Kier molecular flexibility index (Phi) is 5.70. The second kappa shape index (κ2) is 7.34. The van der Waals surface area contributed by atoms with E-state index in [2.05, 4.69) is 10.2 Å². The van der Waals surface area contributed by atoms with Gasteiger partial charge in [-0.3, -0.25) is 4.90 Å². The van der Waals surface area contributed by atoms with Crippen molar-refractivity contribution in [2.45, 2.75) is 51.8 Å². The van der Waals surface area contributed by atoms with Crippen LogP contribution in [0.15, 0.2) is 24.3 Å². The fourth-order valence-corrected chi connectivity index (χ4v) is 2.71. The van der Waals surface area contributed by atoms with Crippen LogP contribution < -0.4 is 5.32 Å². The molecule has 1 heterocycles. The third-order valence-electron chi connectivity index (χ3n) is 3.53. The predicted octanol–water partition coefficient (Wildman–Crippen LogP) is 3.83. The lowest BCUT2D eigenvalue weighted by Gasteiger charge is -2.33. The average molecular weight is 325 g/mol. The number of likely N-dealkylation sites (tertiary alicyclic amines) is 1. The highest BCUT2D eigenvalue weighted by molar-refractivity contribution is 6.30. The number of carbonyl (C=O) groups is 1. The van der Waals surface area contributed by atoms with Gasteiger partial charge in [0.05, 0.1) is 0 Å². The van der Waals surface area contributed by atoms with Gasteiger partial charge < -0.3 is 10.1 Å². The van der Waals surface area contributed by atoms with E-state index in [9.17, 15) is 4.79 Å². The van der Waals surface area contributed by atoms with Crippen molar-refractivity contribution in [1.29, 1.82) is 0 Å². The number of hydrogen-bond acceptors (Lipinski definition) is 3. The van der Waals surface area contributed by atoms with E-state index in [1.807, 2.05) is 45.0 Å². The molecule has 1 aliphatic heterocycles. The number of ether oxygens (including phenoxy) is 1. The molecular formula is C17H25ClN2O2. The maximum atomic E-state index is 11.9. The van der Waals surface area contributed by atoms with Crippen molar-refractivity contribution in [3.63, 3.8) is 0 Å². The summed E-state index contributed by atoms with van der Waals surface area (Å²) in [5.41, 5.74) is 0.957. The zero-order chi connectivity index (χ0) is 16.2. The lowest BCUT2D eigenvalue weighted by Crippen LogP contribution is -2.45. The predicted molar refractivity (Wildman–Crippen MR) is 89.1 cm³/mol. The van der Waals surface area contributed by atoms with Gasteiger partial charge in [-0.1, -0.05) is 23.7 Å². The fraction of sp³-hybridized carbons (Fsp3) is 0.588. The Morgan fingerprint density at radius 1 is 1.36 bits per heavy atom. The molecule has 1 saturated heterocycles. The van der Waals surface area contributed by atoms with Crippen molar-refractivity contribution in [3.8, 4) is 0 Å². The van der Waals surface area contributed by atoms with Crippen LogP contribution in [0.3, 0.4) is 0 Å². The van der Waals surface area contributed by atoms with E-state index in [1.165, 1.54) is 5.56 Å². The summed E-state index contributed by atoms with van der Waals surface area (Å²) in [5, 5.41) is 3.60. The second-order valence-electron chi connectivity index (χ2n) is 6.91. The lowest BCUT2D eigenvalue weighted by molar-refractivity contribution is 0.0366. The standard InChI is InChI=1S/C17H25ClN2O2/c1-17(2,3)19-16(21)22-15-5-4-10-20(12-15)11-13-6-8-14(18)9-7-13/h6-9,15H,4-5,10-12H2,1-3H3,(H,19,21)/t15-/m0/s1. The third kappa shape index (κ3) is 5.85. The van der Waals surface area contributed by atoms with Gasteiger partial charge >= 0.3 is 6.09 Å². The maximum absolute atomic E-state index is 11.9. The number of alkyl carbamates (subject to hydrolysis) is 1. The minimum absolute atomic E-state index is 0.0385. The number of piperidine rings is 1. The number of nitrogens with zero attached hydrogens (tertiary/aromatic N) is 1. The highest BCUT2D eigenvalue weighted by Crippen LogP contribution is 2.18. The number of rotatable bonds is 3. The molecule has 0 radical (unpaired) electrons. The van der Waals surface area contributed by atoms with Crippen molar-refractivity contribution >= 4 is 17.7 Å². The van der Waals surface area contributed by atoms with E-state index >= 15 is 0 Å². The summed E-state index contributed by atoms with van der Waals surface area (Å²) in [6, 6.07) is 7.90. The zero-order valence-electron chi connectivity index (χ0n) is 13.6. The molecule has 5 heteroatoms. The quantitative estimate of drug-likeness (QED) is 0.918. The highest BCUT2D eigenvalue weighted by Gasteiger charge is 2.24. The number of hydrogen-bond donors (Lipinski definition) is 1. The SMILES string of the molecule is CC(C)(C)NC(=O)O[C@H]1CCCN(Cc2ccc(Cl)cc2)C1. The first-order valence-corrected chi connectivity index (χ1v) is 8.15. The van der Waals surface area contributed by atoms with Crippen LogP contribution in [0.4, 0.5) is 4.79 Å². The van der Waals surface area contributed by atoms with Crippen LogP contribution in [0.25, 0.3) is 0 Å². The molecule has 0 spiro atoms. The number of amides is 1. The third-order valence-corrected chi connectivity index (χ3v) is 3.78. The van der Waals surface area contributed by atoms with Crippen LogP contribution in [0.5, 0.6) is 0 Å². The largest absolute Gasteiger partial charge is 0.445 e. The molecule has 0 aliphatic carbocycles. The molecule has 1 aromatic carbocycles. The fourth-order valence-electron chi connectivity index (χ4n) is 2.59. The monoisotopic (exact) mass is 324 g/mol. The van der Waals surface area contributed by atoms with E-state index in [0.717, 1.165) is 37.5 Å². The van der Waals surface area contributed by atoms with Crippen molar-refractivity contribution in [2.75, 3.05) is 13.1 Å². The maximum Gasteiger partial charge on any atom is 0.407 e. The van der Waals surface area contributed by atoms with E-state index in [1.54, 1.807) is 0 Å². The van der Waals surface area contributed by atoms with Crippen molar-refractivity contribution in [3.05, 3.63) is 34.9 Å². The molecule has 1 fully saturated rings. The normalized spacial score (nSPS) is 19.7. The molecule has 122 valence electrons. The van der Waals surface area contributed by atoms with Gasteiger partial charge in [0.1, 0.15) is 6.10 Å². The molecule has 1 aliphatic rings. The van der Waals surface area contributed by atoms with Gasteiger partial charge in [0.2, 0.25) is 0 Å². The summed E-state index contributed by atoms with van der Waals surface area (Å²) in [6.45, 7) is 8.51. The summed E-state index contributed by atoms with van der Waals surface area (Å²) in [5.74, 6) is 0. The summed E-state index contributed by atoms with van der Waals surface area (Å²) >= 11 is 5.91. The van der Waals surface area contributed by atoms with Crippen molar-refractivity contribution in [2.24, 2.45) is 0 Å². The summed E-state index contributed by atoms with van der Waals surface area (Å²) in [4.78, 5) is 14.2. The molecule has 1 N–H and O–H groups in total. The Hall–Kier alpha value is -1.26. The van der Waals surface area contributed by atoms with E-state index < -0.39 is 0 Å². The molecule has 0 unspecified atom stereocenters. The van der Waals surface area contributed by atoms with Crippen LogP contribution in [-0.4, -0.2) is 35.7 Å². The summed E-state index contributed by atoms with van der Waals surface area (Å²) < 4.78 is 5.54. The van der Waals surface area contributed by atoms with Gasteiger partial charge in [0.15, 0.2) is 0 Å². The smallest absolute Gasteiger partial charge is 0.407 e. The van der Waals surface area contributed by atoms with Crippen LogP contribution in [-0.2, 0) is 11.3 Å². The van der Waals surface area contributed by atoms with E-state index in [4.69, 9.17) is 16.3 Å². The van der Waals surface area contributed by atoms with Gasteiger partial charge in [0.25, 0.3) is 0 Å². The highest BCUT2D eigenvalue weighted by atomic mass is 35.5. The van der Waals surface area contributed by atoms with E-state index in [-0.39, 0.29) is 17.7 Å². The Morgan fingerprint density at radius 3 is 2.68 bits per heavy atom. The molecule has 0 bridgehead atoms. The van der Waals surface area contributed by atoms with Gasteiger partial charge in [-0.25, -0.2) is 4.79 Å². The summed E-state index contributed by atoms with van der Waals surface area (Å²) in [7, 11) is 0. The second-order valence-corrected chi connectivity index (χ2v) is 7.34. The number of benzene rings is 1. The first-order chi connectivity index (χ1) is 10.3. The lowest BCUT2D eigenvalue weighted by atomic mass is 10.1. The van der Waals surface area contributed by atoms with Crippen molar-refractivity contribution in [1.82, 2.24) is 10.2 Å². The van der Waals surface area contributed by atoms with Crippen molar-refractivity contribution < 1.29 is 9.53 Å². The minimum Gasteiger partial charge on any atom is -0.445 e. The molecular weight excluding hydrogens is 300 g/mol. The van der Waals surface area contributed by atoms with Gasteiger partial charge in [-0.15, -0.1) is 0 Å². The van der Waals surface area contributed by atoms with Gasteiger partial charge in [0, 0.05) is 23.7 Å². The van der Waals surface area contributed by atoms with Crippen LogP contribution in [0.1, 0.15) is 39.2 Å². The zero-order valence-corrected chi connectivity index (χ0v) is 14.3. The molecule has 1 aromatic rings. The molecule has 1 amide bonds. The average Bonchev–Trinajstić information content (AvgIpc) is 2.39. The van der Waals surface area contributed by atoms with E-state index in [0.29, 0.717) is 0 Å². The molecule has 2 rings (SSSR count). The Balaban J connectivity index is 1.83. The molecule has 1 atom stereocenters. The molecule has 0 aromatic heterocycles. The van der Waals surface area contributed by atoms with Gasteiger partial charge in [-0.05, 0) is 57.9 Å². The van der Waals surface area contributed by atoms with Gasteiger partial charge in [-0.2, -0.15) is 0 Å². The molecule has 0 saturated carbocycles. The molecule has 4 nitrogen and oxygen atoms in total. The Morgan fingerprint density at radius 2 is 2.05 bits per heavy atom.